The standard InChI is InChI=1S/C21H20F2N2O5/c1-13(19(27)25-16-10-6-7-11-18(16)30-21(22)23)29-20(28)17(24-14(2)26)12-15-8-4-3-5-9-15/h3-13,21H,1-2H3,(H,24,26)(H,25,27)/b17-12-. The monoisotopic (exact) mass is 418 g/mol. The number of alkyl halides is 2. The molecule has 2 amide bonds. The fourth-order valence-electron chi connectivity index (χ4n) is 2.33. The van der Waals surface area contributed by atoms with Gasteiger partial charge < -0.3 is 20.1 Å². The number of carbonyl (C=O) groups is 3. The van der Waals surface area contributed by atoms with Crippen LogP contribution < -0.4 is 15.4 Å². The number of rotatable bonds is 8. The first-order valence-corrected chi connectivity index (χ1v) is 8.86. The third-order valence-electron chi connectivity index (χ3n) is 3.66. The number of para-hydroxylation sites is 2. The van der Waals surface area contributed by atoms with Crippen molar-refractivity contribution in [2.45, 2.75) is 26.6 Å². The molecular weight excluding hydrogens is 398 g/mol. The third kappa shape index (κ3) is 7.01. The number of esters is 1. The highest BCUT2D eigenvalue weighted by Crippen LogP contribution is 2.25. The van der Waals surface area contributed by atoms with Crippen molar-refractivity contribution in [3.8, 4) is 5.75 Å². The summed E-state index contributed by atoms with van der Waals surface area (Å²) < 4.78 is 34.5. The highest BCUT2D eigenvalue weighted by molar-refractivity contribution is 6.01. The Labute approximate surface area is 171 Å². The summed E-state index contributed by atoms with van der Waals surface area (Å²) in [4.78, 5) is 36.2. The summed E-state index contributed by atoms with van der Waals surface area (Å²) in [5, 5.41) is 4.73. The molecule has 1 atom stereocenters. The molecule has 30 heavy (non-hydrogen) atoms. The molecule has 0 aliphatic heterocycles. The number of anilines is 1. The topological polar surface area (TPSA) is 93.7 Å². The third-order valence-corrected chi connectivity index (χ3v) is 3.66. The van der Waals surface area contributed by atoms with Gasteiger partial charge in [0.15, 0.2) is 6.10 Å². The van der Waals surface area contributed by atoms with E-state index in [1.165, 1.54) is 44.2 Å². The Kier molecular flexibility index (Phi) is 8.04. The quantitative estimate of drug-likeness (QED) is 0.507. The molecule has 0 aliphatic rings. The Morgan fingerprint density at radius 2 is 1.63 bits per heavy atom. The molecule has 158 valence electrons. The Bertz CT molecular complexity index is 932. The Morgan fingerprint density at radius 1 is 1.00 bits per heavy atom. The molecule has 0 aromatic heterocycles. The van der Waals surface area contributed by atoms with E-state index < -0.39 is 30.5 Å². The van der Waals surface area contributed by atoms with Crippen LogP contribution in [0.15, 0.2) is 60.3 Å². The van der Waals surface area contributed by atoms with E-state index >= 15 is 0 Å². The number of amides is 2. The first-order valence-electron chi connectivity index (χ1n) is 8.86. The summed E-state index contributed by atoms with van der Waals surface area (Å²) in [6.45, 7) is -0.540. The average Bonchev–Trinajstić information content (AvgIpc) is 2.69. The Morgan fingerprint density at radius 3 is 2.27 bits per heavy atom. The van der Waals surface area contributed by atoms with Gasteiger partial charge >= 0.3 is 12.6 Å². The van der Waals surface area contributed by atoms with Gasteiger partial charge in [-0.3, -0.25) is 9.59 Å². The van der Waals surface area contributed by atoms with Crippen molar-refractivity contribution in [3.63, 3.8) is 0 Å². The molecule has 0 spiro atoms. The molecular formula is C21H20F2N2O5. The SMILES string of the molecule is CC(=O)N/C(=C\c1ccccc1)C(=O)OC(C)C(=O)Nc1ccccc1OC(F)F. The lowest BCUT2D eigenvalue weighted by Gasteiger charge is -2.16. The fourth-order valence-corrected chi connectivity index (χ4v) is 2.33. The van der Waals surface area contributed by atoms with Gasteiger partial charge in [0.05, 0.1) is 5.69 Å². The number of hydrogen-bond acceptors (Lipinski definition) is 5. The molecule has 0 fully saturated rings. The second-order valence-electron chi connectivity index (χ2n) is 6.06. The summed E-state index contributed by atoms with van der Waals surface area (Å²) in [6.07, 6.45) is 0.116. The van der Waals surface area contributed by atoms with E-state index in [0.29, 0.717) is 5.56 Å². The zero-order chi connectivity index (χ0) is 22.1. The first-order chi connectivity index (χ1) is 14.3. The zero-order valence-electron chi connectivity index (χ0n) is 16.2. The molecule has 0 saturated heterocycles. The van der Waals surface area contributed by atoms with Crippen molar-refractivity contribution in [2.24, 2.45) is 0 Å². The van der Waals surface area contributed by atoms with E-state index in [0.717, 1.165) is 0 Å². The van der Waals surface area contributed by atoms with Gasteiger partial charge in [-0.25, -0.2) is 4.79 Å². The van der Waals surface area contributed by atoms with Crippen LogP contribution in [0.3, 0.4) is 0 Å². The van der Waals surface area contributed by atoms with Gasteiger partial charge in [0.1, 0.15) is 11.4 Å². The van der Waals surface area contributed by atoms with Crippen molar-refractivity contribution < 1.29 is 32.6 Å². The summed E-state index contributed by atoms with van der Waals surface area (Å²) in [6, 6.07) is 14.3. The number of ether oxygens (including phenoxy) is 2. The van der Waals surface area contributed by atoms with Crippen LogP contribution in [0.25, 0.3) is 6.08 Å². The van der Waals surface area contributed by atoms with E-state index in [2.05, 4.69) is 15.4 Å². The maximum Gasteiger partial charge on any atom is 0.387 e. The molecule has 7 nitrogen and oxygen atoms in total. The van der Waals surface area contributed by atoms with Crippen LogP contribution >= 0.6 is 0 Å². The number of halogens is 2. The van der Waals surface area contributed by atoms with Gasteiger partial charge in [0, 0.05) is 6.92 Å². The first kappa shape index (κ1) is 22.5. The normalized spacial score (nSPS) is 12.1. The largest absolute Gasteiger partial charge is 0.448 e. The predicted molar refractivity (Wildman–Crippen MR) is 105 cm³/mol. The van der Waals surface area contributed by atoms with Gasteiger partial charge in [-0.05, 0) is 30.7 Å². The molecule has 9 heteroatoms. The molecule has 2 aromatic rings. The summed E-state index contributed by atoms with van der Waals surface area (Å²) in [5.41, 5.74) is 0.468. The summed E-state index contributed by atoms with van der Waals surface area (Å²) in [7, 11) is 0. The second kappa shape index (κ2) is 10.7. The van der Waals surface area contributed by atoms with Gasteiger partial charge in [-0.2, -0.15) is 8.78 Å². The Balaban J connectivity index is 2.10. The van der Waals surface area contributed by atoms with Crippen LogP contribution in [0.4, 0.5) is 14.5 Å². The molecule has 1 unspecified atom stereocenters. The maximum absolute atomic E-state index is 12.5. The number of benzene rings is 2. The lowest BCUT2D eigenvalue weighted by atomic mass is 10.2. The van der Waals surface area contributed by atoms with Gasteiger partial charge in [0.25, 0.3) is 5.91 Å². The molecule has 0 radical (unpaired) electrons. The molecule has 0 aliphatic carbocycles. The van der Waals surface area contributed by atoms with Crippen molar-refractivity contribution in [3.05, 3.63) is 65.9 Å². The average molecular weight is 418 g/mol. The molecule has 2 rings (SSSR count). The van der Waals surface area contributed by atoms with Crippen LogP contribution in [-0.4, -0.2) is 30.5 Å². The fraction of sp³-hybridized carbons (Fsp3) is 0.190. The van der Waals surface area contributed by atoms with E-state index in [-0.39, 0.29) is 17.1 Å². The number of hydrogen-bond donors (Lipinski definition) is 2. The predicted octanol–water partition coefficient (Wildman–Crippen LogP) is 3.34. The van der Waals surface area contributed by atoms with Crippen LogP contribution in [0.2, 0.25) is 0 Å². The lowest BCUT2D eigenvalue weighted by Crippen LogP contribution is -2.34. The molecule has 0 saturated carbocycles. The highest BCUT2D eigenvalue weighted by Gasteiger charge is 2.22. The Hall–Kier alpha value is -3.75. The van der Waals surface area contributed by atoms with Crippen LogP contribution in [-0.2, 0) is 19.1 Å². The van der Waals surface area contributed by atoms with Crippen molar-refractivity contribution >= 4 is 29.5 Å². The van der Waals surface area contributed by atoms with Crippen molar-refractivity contribution in [2.75, 3.05) is 5.32 Å². The molecule has 2 N–H and O–H groups in total. The van der Waals surface area contributed by atoms with E-state index in [4.69, 9.17) is 4.74 Å². The minimum Gasteiger partial charge on any atom is -0.448 e. The number of carbonyl (C=O) groups excluding carboxylic acids is 3. The van der Waals surface area contributed by atoms with Gasteiger partial charge in [-0.1, -0.05) is 42.5 Å². The molecule has 0 heterocycles. The van der Waals surface area contributed by atoms with E-state index in [1.807, 2.05) is 0 Å². The van der Waals surface area contributed by atoms with Crippen LogP contribution in [0.1, 0.15) is 19.4 Å². The maximum atomic E-state index is 12.5. The molecule has 0 bridgehead atoms. The molecule has 2 aromatic carbocycles. The summed E-state index contributed by atoms with van der Waals surface area (Å²) >= 11 is 0. The van der Waals surface area contributed by atoms with Crippen molar-refractivity contribution in [1.29, 1.82) is 0 Å². The lowest BCUT2D eigenvalue weighted by molar-refractivity contribution is -0.149. The van der Waals surface area contributed by atoms with Gasteiger partial charge in [0.2, 0.25) is 5.91 Å². The zero-order valence-corrected chi connectivity index (χ0v) is 16.2. The minimum absolute atomic E-state index is 0.00684. The summed E-state index contributed by atoms with van der Waals surface area (Å²) in [5.74, 6) is -2.43. The second-order valence-corrected chi connectivity index (χ2v) is 6.06. The number of nitrogens with one attached hydrogen (secondary N) is 2. The van der Waals surface area contributed by atoms with E-state index in [1.54, 1.807) is 30.3 Å². The smallest absolute Gasteiger partial charge is 0.387 e. The van der Waals surface area contributed by atoms with Crippen molar-refractivity contribution in [1.82, 2.24) is 5.32 Å². The minimum atomic E-state index is -3.07. The van der Waals surface area contributed by atoms with E-state index in [9.17, 15) is 23.2 Å². The van der Waals surface area contributed by atoms with Crippen LogP contribution in [0, 0.1) is 0 Å². The van der Waals surface area contributed by atoms with Gasteiger partial charge in [-0.15, -0.1) is 0 Å². The van der Waals surface area contributed by atoms with Crippen LogP contribution in [0.5, 0.6) is 5.75 Å². The highest BCUT2D eigenvalue weighted by atomic mass is 19.3.